The van der Waals surface area contributed by atoms with Gasteiger partial charge < -0.3 is 20.5 Å². The predicted molar refractivity (Wildman–Crippen MR) is 103 cm³/mol. The molecule has 0 aliphatic carbocycles. The highest BCUT2D eigenvalue weighted by Crippen LogP contribution is 2.08. The van der Waals surface area contributed by atoms with Gasteiger partial charge in [0.1, 0.15) is 5.75 Å². The van der Waals surface area contributed by atoms with Gasteiger partial charge in [0.15, 0.2) is 0 Å². The molecular weight excluding hydrogens is 344 g/mol. The lowest BCUT2D eigenvalue weighted by atomic mass is 10.1. The van der Waals surface area contributed by atoms with Gasteiger partial charge in [0.05, 0.1) is 25.7 Å². The molecule has 0 aromatic heterocycles. The summed E-state index contributed by atoms with van der Waals surface area (Å²) < 4.78 is 5.50. The van der Waals surface area contributed by atoms with E-state index >= 15 is 0 Å². The lowest BCUT2D eigenvalue weighted by Gasteiger charge is -2.14. The Hall–Kier alpha value is -2.86. The minimum Gasteiger partial charge on any atom is -0.493 e. The fraction of sp³-hybridized carbons (Fsp3) is 0.333. The van der Waals surface area contributed by atoms with Gasteiger partial charge >= 0.3 is 0 Å². The molecule has 0 fully saturated rings. The van der Waals surface area contributed by atoms with Crippen LogP contribution in [0.2, 0.25) is 0 Å². The molecule has 0 bridgehead atoms. The van der Waals surface area contributed by atoms with Gasteiger partial charge in [0, 0.05) is 12.1 Å². The summed E-state index contributed by atoms with van der Waals surface area (Å²) in [5.74, 6) is 0.428. The smallest absolute Gasteiger partial charge is 0.251 e. The van der Waals surface area contributed by atoms with Crippen molar-refractivity contribution < 1.29 is 19.4 Å². The van der Waals surface area contributed by atoms with Gasteiger partial charge in [-0.25, -0.2) is 0 Å². The SMILES string of the molecule is CCC(CO)NC(=O)c1ccc(CNC(=O)CCOc2ccccc2)cc1. The molecule has 0 aliphatic heterocycles. The number of rotatable bonds is 10. The summed E-state index contributed by atoms with van der Waals surface area (Å²) in [7, 11) is 0. The Morgan fingerprint density at radius 3 is 2.41 bits per heavy atom. The molecule has 2 aromatic carbocycles. The lowest BCUT2D eigenvalue weighted by Crippen LogP contribution is -2.36. The molecule has 1 atom stereocenters. The second kappa shape index (κ2) is 11.0. The average molecular weight is 370 g/mol. The van der Waals surface area contributed by atoms with Crippen LogP contribution in [-0.4, -0.2) is 36.2 Å². The third-order valence-electron chi connectivity index (χ3n) is 4.10. The molecule has 144 valence electrons. The fourth-order valence-corrected chi connectivity index (χ4v) is 2.39. The van der Waals surface area contributed by atoms with Crippen molar-refractivity contribution in [2.75, 3.05) is 13.2 Å². The normalized spacial score (nSPS) is 11.5. The first-order valence-corrected chi connectivity index (χ1v) is 9.07. The van der Waals surface area contributed by atoms with Crippen LogP contribution in [0.15, 0.2) is 54.6 Å². The molecule has 2 aromatic rings. The predicted octanol–water partition coefficient (Wildman–Crippen LogP) is 2.27. The highest BCUT2D eigenvalue weighted by molar-refractivity contribution is 5.94. The maximum Gasteiger partial charge on any atom is 0.251 e. The summed E-state index contributed by atoms with van der Waals surface area (Å²) in [6.45, 7) is 2.52. The van der Waals surface area contributed by atoms with Crippen molar-refractivity contribution in [3.63, 3.8) is 0 Å². The van der Waals surface area contributed by atoms with Gasteiger partial charge in [-0.3, -0.25) is 9.59 Å². The summed E-state index contributed by atoms with van der Waals surface area (Å²) in [6.07, 6.45) is 0.940. The number of aliphatic hydroxyl groups excluding tert-OH is 1. The largest absolute Gasteiger partial charge is 0.493 e. The highest BCUT2D eigenvalue weighted by atomic mass is 16.5. The molecule has 2 rings (SSSR count). The van der Waals surface area contributed by atoms with Crippen LogP contribution in [0.3, 0.4) is 0 Å². The van der Waals surface area contributed by atoms with Crippen molar-refractivity contribution in [3.8, 4) is 5.75 Å². The molecule has 0 spiro atoms. The van der Waals surface area contributed by atoms with E-state index in [1.807, 2.05) is 37.3 Å². The van der Waals surface area contributed by atoms with Gasteiger partial charge in [-0.05, 0) is 36.2 Å². The number of ether oxygens (including phenoxy) is 1. The number of carbonyl (C=O) groups excluding carboxylic acids is 2. The van der Waals surface area contributed by atoms with Gasteiger partial charge in [0.25, 0.3) is 5.91 Å². The van der Waals surface area contributed by atoms with Crippen LogP contribution in [0.5, 0.6) is 5.75 Å². The van der Waals surface area contributed by atoms with E-state index in [4.69, 9.17) is 9.84 Å². The number of benzene rings is 2. The minimum absolute atomic E-state index is 0.0830. The van der Waals surface area contributed by atoms with Gasteiger partial charge in [-0.2, -0.15) is 0 Å². The summed E-state index contributed by atoms with van der Waals surface area (Å²) in [5, 5.41) is 14.7. The Morgan fingerprint density at radius 2 is 1.78 bits per heavy atom. The standard InChI is InChI=1S/C21H26N2O4/c1-2-18(15-24)23-21(26)17-10-8-16(9-11-17)14-22-20(25)12-13-27-19-6-4-3-5-7-19/h3-11,18,24H,2,12-15H2,1H3,(H,22,25)(H,23,26). The van der Waals surface area contributed by atoms with E-state index in [0.717, 1.165) is 11.3 Å². The zero-order chi connectivity index (χ0) is 19.5. The zero-order valence-electron chi connectivity index (χ0n) is 15.5. The third-order valence-corrected chi connectivity index (χ3v) is 4.10. The van der Waals surface area contributed by atoms with Crippen molar-refractivity contribution in [2.45, 2.75) is 32.4 Å². The fourth-order valence-electron chi connectivity index (χ4n) is 2.39. The topological polar surface area (TPSA) is 87.7 Å². The maximum absolute atomic E-state index is 12.1. The summed E-state index contributed by atoms with van der Waals surface area (Å²) in [4.78, 5) is 24.0. The maximum atomic E-state index is 12.1. The van der Waals surface area contributed by atoms with Crippen LogP contribution in [0, 0.1) is 0 Å². The summed E-state index contributed by atoms with van der Waals surface area (Å²) in [6, 6.07) is 16.1. The van der Waals surface area contributed by atoms with Crippen LogP contribution >= 0.6 is 0 Å². The molecule has 2 amide bonds. The van der Waals surface area contributed by atoms with Crippen molar-refractivity contribution >= 4 is 11.8 Å². The Bertz CT molecular complexity index is 713. The van der Waals surface area contributed by atoms with Crippen molar-refractivity contribution in [2.24, 2.45) is 0 Å². The number of hydrogen-bond acceptors (Lipinski definition) is 4. The number of hydrogen-bond donors (Lipinski definition) is 3. The quantitative estimate of drug-likeness (QED) is 0.599. The van der Waals surface area contributed by atoms with E-state index in [1.54, 1.807) is 24.3 Å². The minimum atomic E-state index is -0.241. The Labute approximate surface area is 159 Å². The van der Waals surface area contributed by atoms with Crippen LogP contribution < -0.4 is 15.4 Å². The van der Waals surface area contributed by atoms with Gasteiger partial charge in [-0.1, -0.05) is 37.3 Å². The first-order chi connectivity index (χ1) is 13.1. The van der Waals surface area contributed by atoms with Crippen LogP contribution in [-0.2, 0) is 11.3 Å². The Morgan fingerprint density at radius 1 is 1.07 bits per heavy atom. The molecule has 27 heavy (non-hydrogen) atoms. The average Bonchev–Trinajstić information content (AvgIpc) is 2.71. The van der Waals surface area contributed by atoms with E-state index < -0.39 is 0 Å². The number of aliphatic hydroxyl groups is 1. The molecule has 0 radical (unpaired) electrons. The number of para-hydroxylation sites is 1. The van der Waals surface area contributed by atoms with Crippen molar-refractivity contribution in [3.05, 3.63) is 65.7 Å². The molecule has 3 N–H and O–H groups in total. The van der Waals surface area contributed by atoms with Crippen LogP contribution in [0.1, 0.15) is 35.7 Å². The Kier molecular flexibility index (Phi) is 8.32. The van der Waals surface area contributed by atoms with E-state index in [1.165, 1.54) is 0 Å². The van der Waals surface area contributed by atoms with E-state index in [2.05, 4.69) is 10.6 Å². The Balaban J connectivity index is 1.72. The zero-order valence-corrected chi connectivity index (χ0v) is 15.5. The van der Waals surface area contributed by atoms with Crippen LogP contribution in [0.4, 0.5) is 0 Å². The number of amides is 2. The van der Waals surface area contributed by atoms with Crippen LogP contribution in [0.25, 0.3) is 0 Å². The first-order valence-electron chi connectivity index (χ1n) is 9.07. The monoisotopic (exact) mass is 370 g/mol. The van der Waals surface area contributed by atoms with E-state index in [0.29, 0.717) is 25.1 Å². The molecule has 0 saturated carbocycles. The van der Waals surface area contributed by atoms with Gasteiger partial charge in [-0.15, -0.1) is 0 Å². The summed E-state index contributed by atoms with van der Waals surface area (Å²) >= 11 is 0. The van der Waals surface area contributed by atoms with Gasteiger partial charge in [0.2, 0.25) is 5.91 Å². The molecule has 0 saturated heterocycles. The molecule has 0 aliphatic rings. The highest BCUT2D eigenvalue weighted by Gasteiger charge is 2.11. The second-order valence-electron chi connectivity index (χ2n) is 6.15. The summed E-state index contributed by atoms with van der Waals surface area (Å²) in [5.41, 5.74) is 1.42. The molecule has 1 unspecified atom stereocenters. The number of nitrogens with one attached hydrogen (secondary N) is 2. The molecule has 6 heteroatoms. The second-order valence-corrected chi connectivity index (χ2v) is 6.15. The molecule has 0 heterocycles. The lowest BCUT2D eigenvalue weighted by molar-refractivity contribution is -0.121. The third kappa shape index (κ3) is 7.11. The first kappa shape index (κ1) is 20.5. The molecule has 6 nitrogen and oxygen atoms in total. The number of carbonyl (C=O) groups is 2. The van der Waals surface area contributed by atoms with E-state index in [-0.39, 0.29) is 30.9 Å². The molecular formula is C21H26N2O4. The van der Waals surface area contributed by atoms with Crippen molar-refractivity contribution in [1.29, 1.82) is 0 Å². The van der Waals surface area contributed by atoms with Crippen molar-refractivity contribution in [1.82, 2.24) is 10.6 Å². The van der Waals surface area contributed by atoms with E-state index in [9.17, 15) is 9.59 Å².